The van der Waals surface area contributed by atoms with E-state index in [0.717, 1.165) is 33.7 Å². The van der Waals surface area contributed by atoms with E-state index in [-0.39, 0.29) is 24.3 Å². The molecule has 0 heterocycles. The van der Waals surface area contributed by atoms with E-state index in [9.17, 15) is 18.0 Å². The molecule has 0 aromatic heterocycles. The van der Waals surface area contributed by atoms with Crippen LogP contribution in [0.25, 0.3) is 0 Å². The quantitative estimate of drug-likeness (QED) is 0.303. The summed E-state index contributed by atoms with van der Waals surface area (Å²) in [5.74, 6) is -0.167. The maximum atomic E-state index is 14.2. The molecular weight excluding hydrogens is 550 g/mol. The van der Waals surface area contributed by atoms with Crippen LogP contribution in [0.15, 0.2) is 78.9 Å². The minimum atomic E-state index is -3.83. The lowest BCUT2D eigenvalue weighted by Gasteiger charge is -2.33. The lowest BCUT2D eigenvalue weighted by atomic mass is 9.87. The van der Waals surface area contributed by atoms with E-state index in [4.69, 9.17) is 4.74 Å². The Hall–Kier alpha value is -3.85. The Morgan fingerprint density at radius 3 is 2.14 bits per heavy atom. The van der Waals surface area contributed by atoms with E-state index in [1.54, 1.807) is 25.3 Å². The van der Waals surface area contributed by atoms with Crippen LogP contribution in [0.3, 0.4) is 0 Å². The molecule has 0 aliphatic heterocycles. The first-order valence-corrected chi connectivity index (χ1v) is 16.0. The summed E-state index contributed by atoms with van der Waals surface area (Å²) >= 11 is 0. The third-order valence-electron chi connectivity index (χ3n) is 7.01. The van der Waals surface area contributed by atoms with Crippen LogP contribution < -0.4 is 14.4 Å². The predicted molar refractivity (Wildman–Crippen MR) is 168 cm³/mol. The summed E-state index contributed by atoms with van der Waals surface area (Å²) in [5.41, 5.74) is 2.95. The minimum Gasteiger partial charge on any atom is -0.497 e. The SMILES string of the molecule is CCCNC(=O)[C@H](Cc1ccccc1)N(Cc1cccc(OC)c1)C(=O)CN(c1ccc(C(C)(C)C)cc1)S(C)(=O)=O. The van der Waals surface area contributed by atoms with Gasteiger partial charge in [-0.05, 0) is 52.8 Å². The molecule has 0 spiro atoms. The first kappa shape index (κ1) is 32.7. The van der Waals surface area contributed by atoms with Crippen LogP contribution >= 0.6 is 0 Å². The lowest BCUT2D eigenvalue weighted by molar-refractivity contribution is -0.140. The molecule has 0 bridgehead atoms. The number of methoxy groups -OCH3 is 1. The van der Waals surface area contributed by atoms with Crippen LogP contribution in [0, 0.1) is 0 Å². The molecule has 0 saturated heterocycles. The van der Waals surface area contributed by atoms with Gasteiger partial charge in [-0.15, -0.1) is 0 Å². The smallest absolute Gasteiger partial charge is 0.244 e. The number of ether oxygens (including phenoxy) is 1. The number of rotatable bonds is 13. The van der Waals surface area contributed by atoms with Crippen molar-refractivity contribution < 1.29 is 22.7 Å². The number of carbonyl (C=O) groups excluding carboxylic acids is 2. The number of hydrogen-bond acceptors (Lipinski definition) is 5. The minimum absolute atomic E-state index is 0.0909. The van der Waals surface area contributed by atoms with Crippen LogP contribution in [0.1, 0.15) is 50.8 Å². The highest BCUT2D eigenvalue weighted by molar-refractivity contribution is 7.92. The first-order chi connectivity index (χ1) is 19.8. The maximum absolute atomic E-state index is 14.2. The molecule has 0 unspecified atom stereocenters. The molecule has 0 aliphatic carbocycles. The summed E-state index contributed by atoms with van der Waals surface area (Å²) in [7, 11) is -2.27. The Labute approximate surface area is 250 Å². The number of amides is 2. The molecule has 0 saturated carbocycles. The number of anilines is 1. The van der Waals surface area contributed by atoms with Gasteiger partial charge >= 0.3 is 0 Å². The largest absolute Gasteiger partial charge is 0.497 e. The van der Waals surface area contributed by atoms with Gasteiger partial charge in [-0.1, -0.05) is 82.3 Å². The molecule has 3 rings (SSSR count). The predicted octanol–water partition coefficient (Wildman–Crippen LogP) is 4.93. The molecule has 42 heavy (non-hydrogen) atoms. The van der Waals surface area contributed by atoms with Crippen LogP contribution in [-0.4, -0.2) is 57.6 Å². The van der Waals surface area contributed by atoms with Crippen molar-refractivity contribution >= 4 is 27.5 Å². The number of nitrogens with one attached hydrogen (secondary N) is 1. The van der Waals surface area contributed by atoms with Crippen molar-refractivity contribution in [2.45, 2.75) is 58.5 Å². The highest BCUT2D eigenvalue weighted by Crippen LogP contribution is 2.26. The molecule has 3 aromatic rings. The highest BCUT2D eigenvalue weighted by Gasteiger charge is 2.33. The summed E-state index contributed by atoms with van der Waals surface area (Å²) in [6.45, 7) is 8.28. The average Bonchev–Trinajstić information content (AvgIpc) is 2.96. The lowest BCUT2D eigenvalue weighted by Crippen LogP contribution is -2.53. The topological polar surface area (TPSA) is 96.0 Å². The number of carbonyl (C=O) groups is 2. The van der Waals surface area contributed by atoms with Crippen molar-refractivity contribution in [3.63, 3.8) is 0 Å². The number of hydrogen-bond donors (Lipinski definition) is 1. The molecule has 226 valence electrons. The summed E-state index contributed by atoms with van der Waals surface area (Å²) in [6.07, 6.45) is 2.09. The van der Waals surface area contributed by atoms with Gasteiger partial charge in [0.15, 0.2) is 0 Å². The summed E-state index contributed by atoms with van der Waals surface area (Å²) in [5, 5.41) is 2.94. The molecule has 3 aromatic carbocycles. The van der Waals surface area contributed by atoms with Gasteiger partial charge in [-0.25, -0.2) is 8.42 Å². The molecule has 0 fully saturated rings. The van der Waals surface area contributed by atoms with Crippen molar-refractivity contribution in [3.05, 3.63) is 95.6 Å². The van der Waals surface area contributed by atoms with Crippen LogP contribution in [0.2, 0.25) is 0 Å². The van der Waals surface area contributed by atoms with E-state index >= 15 is 0 Å². The van der Waals surface area contributed by atoms with Gasteiger partial charge < -0.3 is 15.0 Å². The van der Waals surface area contributed by atoms with E-state index in [1.165, 1.54) is 4.90 Å². The molecule has 2 amide bonds. The molecule has 0 radical (unpaired) electrons. The Bertz CT molecular complexity index is 1430. The fraction of sp³-hybridized carbons (Fsp3) is 0.394. The Balaban J connectivity index is 2.05. The van der Waals surface area contributed by atoms with E-state index in [0.29, 0.717) is 18.0 Å². The van der Waals surface area contributed by atoms with Gasteiger partial charge in [0, 0.05) is 19.5 Å². The van der Waals surface area contributed by atoms with E-state index < -0.39 is 28.5 Å². The van der Waals surface area contributed by atoms with Gasteiger partial charge in [-0.2, -0.15) is 0 Å². The Morgan fingerprint density at radius 2 is 1.57 bits per heavy atom. The summed E-state index contributed by atoms with van der Waals surface area (Å²) in [4.78, 5) is 29.2. The fourth-order valence-electron chi connectivity index (χ4n) is 4.63. The van der Waals surface area contributed by atoms with Crippen molar-refractivity contribution in [2.24, 2.45) is 0 Å². The Kier molecular flexibility index (Phi) is 11.2. The molecular formula is C33H43N3O5S. The van der Waals surface area contributed by atoms with Crippen LogP contribution in [-0.2, 0) is 38.0 Å². The van der Waals surface area contributed by atoms with Gasteiger partial charge in [0.05, 0.1) is 19.1 Å². The van der Waals surface area contributed by atoms with Crippen LogP contribution in [0.5, 0.6) is 5.75 Å². The fourth-order valence-corrected chi connectivity index (χ4v) is 5.48. The van der Waals surface area contributed by atoms with Crippen molar-refractivity contribution in [1.29, 1.82) is 0 Å². The highest BCUT2D eigenvalue weighted by atomic mass is 32.2. The second-order valence-corrected chi connectivity index (χ2v) is 13.3. The third-order valence-corrected chi connectivity index (χ3v) is 8.15. The molecule has 1 atom stereocenters. The van der Waals surface area contributed by atoms with Crippen molar-refractivity contribution in [1.82, 2.24) is 10.2 Å². The zero-order valence-electron chi connectivity index (χ0n) is 25.5. The first-order valence-electron chi connectivity index (χ1n) is 14.2. The third kappa shape index (κ3) is 9.08. The van der Waals surface area contributed by atoms with Crippen molar-refractivity contribution in [2.75, 3.05) is 30.8 Å². The van der Waals surface area contributed by atoms with E-state index in [2.05, 4.69) is 26.1 Å². The van der Waals surface area contributed by atoms with Gasteiger partial charge in [0.1, 0.15) is 18.3 Å². The molecule has 1 N–H and O–H groups in total. The normalized spacial score (nSPS) is 12.3. The second kappa shape index (κ2) is 14.4. The van der Waals surface area contributed by atoms with Gasteiger partial charge in [0.2, 0.25) is 21.8 Å². The number of benzene rings is 3. The van der Waals surface area contributed by atoms with Crippen LogP contribution in [0.4, 0.5) is 5.69 Å². The zero-order valence-corrected chi connectivity index (χ0v) is 26.3. The molecule has 8 nitrogen and oxygen atoms in total. The molecule has 9 heteroatoms. The second-order valence-electron chi connectivity index (χ2n) is 11.4. The van der Waals surface area contributed by atoms with Crippen molar-refractivity contribution in [3.8, 4) is 5.75 Å². The Morgan fingerprint density at radius 1 is 0.929 bits per heavy atom. The van der Waals surface area contributed by atoms with Gasteiger partial charge in [-0.3, -0.25) is 13.9 Å². The standard InChI is InChI=1S/C33H43N3O5S/c1-7-20-34-32(38)30(22-25-12-9-8-10-13-25)35(23-26-14-11-15-29(21-26)41-5)31(37)24-36(42(6,39)40)28-18-16-27(17-19-28)33(2,3)4/h8-19,21,30H,7,20,22-24H2,1-6H3,(H,34,38)/t30-/m0/s1. The molecule has 0 aliphatic rings. The van der Waals surface area contributed by atoms with E-state index in [1.807, 2.05) is 67.6 Å². The monoisotopic (exact) mass is 593 g/mol. The van der Waals surface area contributed by atoms with Gasteiger partial charge in [0.25, 0.3) is 0 Å². The maximum Gasteiger partial charge on any atom is 0.244 e. The summed E-state index contributed by atoms with van der Waals surface area (Å²) in [6, 6.07) is 23.1. The number of nitrogens with zero attached hydrogens (tertiary/aromatic N) is 2. The zero-order chi connectivity index (χ0) is 30.9. The average molecular weight is 594 g/mol. The summed E-state index contributed by atoms with van der Waals surface area (Å²) < 4.78 is 32.5. The number of sulfonamides is 1.